The Morgan fingerprint density at radius 3 is 2.31 bits per heavy atom. The molecule has 0 fully saturated rings. The van der Waals surface area contributed by atoms with Crippen molar-refractivity contribution in [2.75, 3.05) is 5.32 Å². The van der Waals surface area contributed by atoms with E-state index in [1.807, 2.05) is 0 Å². The molecule has 0 radical (unpaired) electrons. The zero-order valence-electron chi connectivity index (χ0n) is 15.2. The van der Waals surface area contributed by atoms with Crippen molar-refractivity contribution in [3.8, 4) is 0 Å². The van der Waals surface area contributed by atoms with Crippen LogP contribution in [-0.2, 0) is 4.79 Å². The van der Waals surface area contributed by atoms with Crippen molar-refractivity contribution in [3.63, 3.8) is 0 Å². The highest BCUT2D eigenvalue weighted by Gasteiger charge is 2.27. The molecule has 0 saturated carbocycles. The van der Waals surface area contributed by atoms with E-state index in [1.54, 1.807) is 13.8 Å². The van der Waals surface area contributed by atoms with Gasteiger partial charge in [-0.25, -0.2) is 27.5 Å². The molecule has 4 aromatic rings. The summed E-state index contributed by atoms with van der Waals surface area (Å²) < 4.78 is 55.8. The third-order valence-electron chi connectivity index (χ3n) is 4.48. The van der Waals surface area contributed by atoms with Crippen LogP contribution in [0.3, 0.4) is 0 Å². The van der Waals surface area contributed by atoms with Gasteiger partial charge in [0.25, 0.3) is 0 Å². The fraction of sp³-hybridized carbons (Fsp3) is 0.211. The molecule has 2 aromatic carbocycles. The molecule has 1 N–H and O–H groups in total. The Morgan fingerprint density at radius 1 is 1.00 bits per heavy atom. The van der Waals surface area contributed by atoms with Gasteiger partial charge in [-0.3, -0.25) is 4.79 Å². The summed E-state index contributed by atoms with van der Waals surface area (Å²) in [6.07, 6.45) is 1.34. The maximum absolute atomic E-state index is 13.7. The summed E-state index contributed by atoms with van der Waals surface area (Å²) in [7, 11) is 0. The number of benzene rings is 2. The van der Waals surface area contributed by atoms with Crippen molar-refractivity contribution in [1.82, 2.24) is 14.5 Å². The summed E-state index contributed by atoms with van der Waals surface area (Å²) in [5, 5.41) is 2.81. The second kappa shape index (κ2) is 7.11. The molecule has 1 atom stereocenters. The number of nitrogens with zero attached hydrogens (tertiary/aromatic N) is 3. The lowest BCUT2D eigenvalue weighted by molar-refractivity contribution is -0.120. The molecular formula is C19H14F4N4OS. The number of rotatable bonds is 4. The minimum Gasteiger partial charge on any atom is -0.318 e. The van der Waals surface area contributed by atoms with Crippen LogP contribution in [0, 0.1) is 29.2 Å². The molecule has 1 amide bonds. The molecule has 0 saturated heterocycles. The monoisotopic (exact) mass is 422 g/mol. The highest BCUT2D eigenvalue weighted by atomic mass is 32.1. The van der Waals surface area contributed by atoms with Crippen LogP contribution >= 0.6 is 11.3 Å². The number of aromatic nitrogens is 3. The smallest absolute Gasteiger partial charge is 0.249 e. The molecule has 0 spiro atoms. The molecular weight excluding hydrogens is 408 g/mol. The summed E-state index contributed by atoms with van der Waals surface area (Å²) in [5.74, 6) is -4.80. The maximum atomic E-state index is 13.7. The van der Waals surface area contributed by atoms with Gasteiger partial charge >= 0.3 is 0 Å². The second-order valence-electron chi connectivity index (χ2n) is 6.84. The van der Waals surface area contributed by atoms with Gasteiger partial charge in [-0.1, -0.05) is 25.2 Å². The van der Waals surface area contributed by atoms with Crippen LogP contribution in [0.25, 0.3) is 21.3 Å². The van der Waals surface area contributed by atoms with E-state index in [-0.39, 0.29) is 27.6 Å². The van der Waals surface area contributed by atoms with Gasteiger partial charge in [0.2, 0.25) is 5.91 Å². The standard InChI is InChI=1S/C19H14F4N4OS/c1-8(2)17(27-7-24-13-3-9(20)11(22)5-15(13)27)18(28)26-19-25-14-4-10(21)12(23)6-16(14)29-19/h3-8,17H,1-2H3,(H,25,26,28). The summed E-state index contributed by atoms with van der Waals surface area (Å²) in [5.41, 5.74) is 0.704. The Bertz CT molecular complexity index is 1210. The fourth-order valence-electron chi connectivity index (χ4n) is 3.15. The van der Waals surface area contributed by atoms with Crippen molar-refractivity contribution in [2.24, 2.45) is 5.92 Å². The van der Waals surface area contributed by atoms with E-state index in [2.05, 4.69) is 15.3 Å². The number of carbonyl (C=O) groups is 1. The summed E-state index contributed by atoms with van der Waals surface area (Å²) in [6.45, 7) is 3.58. The normalized spacial score (nSPS) is 12.8. The molecule has 0 bridgehead atoms. The van der Waals surface area contributed by atoms with Crippen molar-refractivity contribution in [3.05, 3.63) is 53.9 Å². The molecule has 29 heavy (non-hydrogen) atoms. The summed E-state index contributed by atoms with van der Waals surface area (Å²) in [6, 6.07) is 3.12. The van der Waals surface area contributed by atoms with Gasteiger partial charge in [-0.15, -0.1) is 0 Å². The molecule has 0 aliphatic carbocycles. The lowest BCUT2D eigenvalue weighted by Crippen LogP contribution is -2.29. The van der Waals surface area contributed by atoms with Crippen LogP contribution in [0.15, 0.2) is 30.6 Å². The minimum absolute atomic E-state index is 0.169. The van der Waals surface area contributed by atoms with Crippen LogP contribution in [0.4, 0.5) is 22.7 Å². The van der Waals surface area contributed by atoms with Crippen LogP contribution in [0.5, 0.6) is 0 Å². The molecule has 2 aromatic heterocycles. The Hall–Kier alpha value is -3.01. The van der Waals surface area contributed by atoms with Crippen molar-refractivity contribution in [1.29, 1.82) is 0 Å². The van der Waals surface area contributed by atoms with Crippen LogP contribution < -0.4 is 5.32 Å². The topological polar surface area (TPSA) is 59.8 Å². The third kappa shape index (κ3) is 3.44. The van der Waals surface area contributed by atoms with Gasteiger partial charge in [-0.2, -0.15) is 0 Å². The van der Waals surface area contributed by atoms with E-state index in [1.165, 1.54) is 10.9 Å². The number of hydrogen-bond donors (Lipinski definition) is 1. The van der Waals surface area contributed by atoms with E-state index in [0.717, 1.165) is 35.6 Å². The van der Waals surface area contributed by atoms with E-state index >= 15 is 0 Å². The number of nitrogens with one attached hydrogen (secondary N) is 1. The predicted octanol–water partition coefficient (Wildman–Crippen LogP) is 5.04. The molecule has 4 rings (SSSR count). The first-order chi connectivity index (χ1) is 13.7. The minimum atomic E-state index is -1.04. The molecule has 1 unspecified atom stereocenters. The largest absolute Gasteiger partial charge is 0.318 e. The fourth-order valence-corrected chi connectivity index (χ4v) is 4.03. The number of amides is 1. The number of hydrogen-bond acceptors (Lipinski definition) is 4. The van der Waals surface area contributed by atoms with Gasteiger partial charge in [0.15, 0.2) is 28.4 Å². The quantitative estimate of drug-likeness (QED) is 0.469. The summed E-state index contributed by atoms with van der Waals surface area (Å²) in [4.78, 5) is 21.1. The molecule has 5 nitrogen and oxygen atoms in total. The van der Waals surface area contributed by atoms with E-state index < -0.39 is 35.2 Å². The average Bonchev–Trinajstić information content (AvgIpc) is 3.19. The first-order valence-corrected chi connectivity index (χ1v) is 9.44. The Labute approximate surface area is 166 Å². The Balaban J connectivity index is 1.69. The third-order valence-corrected chi connectivity index (χ3v) is 5.41. The predicted molar refractivity (Wildman–Crippen MR) is 102 cm³/mol. The van der Waals surface area contributed by atoms with Gasteiger partial charge < -0.3 is 9.88 Å². The van der Waals surface area contributed by atoms with Gasteiger partial charge in [-0.05, 0) is 12.0 Å². The molecule has 10 heteroatoms. The number of carbonyl (C=O) groups excluding carboxylic acids is 1. The van der Waals surface area contributed by atoms with E-state index in [0.29, 0.717) is 4.70 Å². The number of halogens is 4. The lowest BCUT2D eigenvalue weighted by atomic mass is 10.0. The van der Waals surface area contributed by atoms with Gasteiger partial charge in [0.05, 0.1) is 27.6 Å². The second-order valence-corrected chi connectivity index (χ2v) is 7.87. The number of fused-ring (bicyclic) bond motifs is 2. The lowest BCUT2D eigenvalue weighted by Gasteiger charge is -2.21. The maximum Gasteiger partial charge on any atom is 0.249 e. The molecule has 2 heterocycles. The van der Waals surface area contributed by atoms with Crippen molar-refractivity contribution < 1.29 is 22.4 Å². The van der Waals surface area contributed by atoms with Crippen LogP contribution in [0.1, 0.15) is 19.9 Å². The van der Waals surface area contributed by atoms with Crippen molar-refractivity contribution in [2.45, 2.75) is 19.9 Å². The zero-order valence-corrected chi connectivity index (χ0v) is 16.0. The van der Waals surface area contributed by atoms with Gasteiger partial charge in [0.1, 0.15) is 6.04 Å². The van der Waals surface area contributed by atoms with Crippen LogP contribution in [0.2, 0.25) is 0 Å². The first kappa shape index (κ1) is 19.3. The van der Waals surface area contributed by atoms with E-state index in [9.17, 15) is 22.4 Å². The number of imidazole rings is 1. The first-order valence-electron chi connectivity index (χ1n) is 8.62. The average molecular weight is 422 g/mol. The highest BCUT2D eigenvalue weighted by Crippen LogP contribution is 2.30. The molecule has 0 aliphatic rings. The SMILES string of the molecule is CC(C)C(C(=O)Nc1nc2cc(F)c(F)cc2s1)n1cnc2cc(F)c(F)cc21. The zero-order chi connectivity index (χ0) is 20.9. The Morgan fingerprint density at radius 2 is 1.62 bits per heavy atom. The summed E-state index contributed by atoms with van der Waals surface area (Å²) >= 11 is 0.999. The number of anilines is 1. The van der Waals surface area contributed by atoms with Crippen LogP contribution in [-0.4, -0.2) is 20.4 Å². The van der Waals surface area contributed by atoms with E-state index in [4.69, 9.17) is 0 Å². The Kier molecular flexibility index (Phi) is 4.73. The molecule has 0 aliphatic heterocycles. The molecule has 150 valence electrons. The van der Waals surface area contributed by atoms with Gasteiger partial charge in [0, 0.05) is 18.2 Å². The van der Waals surface area contributed by atoms with Crippen molar-refractivity contribution >= 4 is 43.6 Å². The number of thiazole rings is 1. The highest BCUT2D eigenvalue weighted by molar-refractivity contribution is 7.22.